The summed E-state index contributed by atoms with van der Waals surface area (Å²) in [5.41, 5.74) is 0.660. The largest absolute Gasteiger partial charge is 0.479 e. The molecule has 0 aliphatic carbocycles. The highest BCUT2D eigenvalue weighted by Crippen LogP contribution is 2.20. The zero-order valence-corrected chi connectivity index (χ0v) is 12.6. The first kappa shape index (κ1) is 15.8. The minimum Gasteiger partial charge on any atom is -0.479 e. The minimum atomic E-state index is -1.28. The molecular formula is C15H18ClNO4. The van der Waals surface area contributed by atoms with Gasteiger partial charge >= 0.3 is 5.97 Å². The predicted molar refractivity (Wildman–Crippen MR) is 78.5 cm³/mol. The number of amides is 1. The van der Waals surface area contributed by atoms with Gasteiger partial charge in [0.05, 0.1) is 6.61 Å². The van der Waals surface area contributed by atoms with E-state index in [1.54, 1.807) is 0 Å². The smallest absolute Gasteiger partial charge is 0.331 e. The Morgan fingerprint density at radius 2 is 2.24 bits per heavy atom. The van der Waals surface area contributed by atoms with Gasteiger partial charge in [-0.2, -0.15) is 0 Å². The van der Waals surface area contributed by atoms with Gasteiger partial charge in [0.15, 0.2) is 5.54 Å². The van der Waals surface area contributed by atoms with Crippen LogP contribution >= 0.6 is 11.6 Å². The van der Waals surface area contributed by atoms with Crippen LogP contribution in [0, 0.1) is 6.92 Å². The van der Waals surface area contributed by atoms with Crippen molar-refractivity contribution < 1.29 is 19.4 Å². The maximum Gasteiger partial charge on any atom is 0.331 e. The quantitative estimate of drug-likeness (QED) is 0.871. The van der Waals surface area contributed by atoms with Crippen molar-refractivity contribution >= 4 is 23.5 Å². The van der Waals surface area contributed by atoms with E-state index in [9.17, 15) is 14.7 Å². The highest BCUT2D eigenvalue weighted by atomic mass is 35.5. The maximum absolute atomic E-state index is 12.0. The first-order valence-corrected chi connectivity index (χ1v) is 7.18. The second-order valence-electron chi connectivity index (χ2n) is 5.32. The summed E-state index contributed by atoms with van der Waals surface area (Å²) in [6.45, 7) is 2.28. The Kier molecular flexibility index (Phi) is 4.85. The van der Waals surface area contributed by atoms with Crippen molar-refractivity contribution in [1.29, 1.82) is 0 Å². The van der Waals surface area contributed by atoms with E-state index in [1.807, 2.05) is 25.1 Å². The Morgan fingerprint density at radius 3 is 2.81 bits per heavy atom. The first-order valence-electron chi connectivity index (χ1n) is 6.80. The molecule has 2 rings (SSSR count). The van der Waals surface area contributed by atoms with Gasteiger partial charge < -0.3 is 15.2 Å². The summed E-state index contributed by atoms with van der Waals surface area (Å²) in [5, 5.41) is 12.5. The molecule has 21 heavy (non-hydrogen) atoms. The molecule has 2 N–H and O–H groups in total. The molecule has 1 aromatic carbocycles. The molecule has 0 aromatic heterocycles. The van der Waals surface area contributed by atoms with Crippen LogP contribution in [0.3, 0.4) is 0 Å². The van der Waals surface area contributed by atoms with E-state index in [4.69, 9.17) is 16.3 Å². The van der Waals surface area contributed by atoms with Crippen molar-refractivity contribution in [2.75, 3.05) is 13.2 Å². The summed E-state index contributed by atoms with van der Waals surface area (Å²) in [6.07, 6.45) is 1.03. The third kappa shape index (κ3) is 3.74. The number of carbonyl (C=O) groups is 2. The van der Waals surface area contributed by atoms with Crippen molar-refractivity contribution in [2.24, 2.45) is 0 Å². The van der Waals surface area contributed by atoms with Gasteiger partial charge in [-0.15, -0.1) is 0 Å². The number of aliphatic carboxylic acids is 1. The summed E-state index contributed by atoms with van der Waals surface area (Å²) in [5.74, 6) is -1.34. The number of aryl methyl sites for hydroxylation is 2. The Bertz CT molecular complexity index is 553. The molecule has 1 saturated heterocycles. The van der Waals surface area contributed by atoms with Crippen molar-refractivity contribution in [1.82, 2.24) is 5.32 Å². The standard InChI is InChI=1S/C15H18ClNO4/c1-10-2-3-11(8-12(10)16)4-5-13(18)17-15(14(19)20)6-7-21-9-15/h2-3,8H,4-7,9H2,1H3,(H,17,18)(H,19,20). The van der Waals surface area contributed by atoms with Crippen molar-refractivity contribution in [3.8, 4) is 0 Å². The van der Waals surface area contributed by atoms with E-state index in [-0.39, 0.29) is 18.9 Å². The lowest BCUT2D eigenvalue weighted by atomic mass is 9.98. The average Bonchev–Trinajstić information content (AvgIpc) is 2.90. The number of ether oxygens (including phenoxy) is 1. The second kappa shape index (κ2) is 6.45. The lowest BCUT2D eigenvalue weighted by Crippen LogP contribution is -2.55. The predicted octanol–water partition coefficient (Wildman–Crippen LogP) is 1.94. The minimum absolute atomic E-state index is 0.0183. The summed E-state index contributed by atoms with van der Waals surface area (Å²) < 4.78 is 5.10. The van der Waals surface area contributed by atoms with Gasteiger partial charge in [0.2, 0.25) is 5.91 Å². The van der Waals surface area contributed by atoms with Crippen LogP contribution in [0.2, 0.25) is 5.02 Å². The fraction of sp³-hybridized carbons (Fsp3) is 0.467. The molecule has 6 heteroatoms. The van der Waals surface area contributed by atoms with E-state index in [0.29, 0.717) is 24.5 Å². The Morgan fingerprint density at radius 1 is 1.48 bits per heavy atom. The fourth-order valence-electron chi connectivity index (χ4n) is 2.26. The number of halogens is 1. The molecule has 1 atom stereocenters. The van der Waals surface area contributed by atoms with Crippen LogP contribution in [-0.2, 0) is 20.7 Å². The van der Waals surface area contributed by atoms with E-state index in [2.05, 4.69) is 5.32 Å². The van der Waals surface area contributed by atoms with Crippen LogP contribution in [0.15, 0.2) is 18.2 Å². The van der Waals surface area contributed by atoms with E-state index < -0.39 is 11.5 Å². The molecule has 5 nitrogen and oxygen atoms in total. The van der Waals surface area contributed by atoms with Crippen LogP contribution in [0.1, 0.15) is 24.0 Å². The average molecular weight is 312 g/mol. The molecule has 0 radical (unpaired) electrons. The van der Waals surface area contributed by atoms with Crippen molar-refractivity contribution in [3.05, 3.63) is 34.3 Å². The summed E-state index contributed by atoms with van der Waals surface area (Å²) in [7, 11) is 0. The summed E-state index contributed by atoms with van der Waals surface area (Å²) in [4.78, 5) is 23.3. The van der Waals surface area contributed by atoms with Crippen molar-refractivity contribution in [2.45, 2.75) is 31.7 Å². The summed E-state index contributed by atoms with van der Waals surface area (Å²) in [6, 6.07) is 5.65. The van der Waals surface area contributed by atoms with Crippen LogP contribution in [0.5, 0.6) is 0 Å². The number of carboxylic acids is 1. The highest BCUT2D eigenvalue weighted by Gasteiger charge is 2.43. The van der Waals surface area contributed by atoms with Gasteiger partial charge in [-0.25, -0.2) is 4.79 Å². The first-order chi connectivity index (χ1) is 9.93. The number of benzene rings is 1. The lowest BCUT2D eigenvalue weighted by molar-refractivity contribution is -0.147. The van der Waals surface area contributed by atoms with Crippen molar-refractivity contribution in [3.63, 3.8) is 0 Å². The number of nitrogens with one attached hydrogen (secondary N) is 1. The molecule has 1 aromatic rings. The van der Waals surface area contributed by atoms with Gasteiger partial charge in [0.1, 0.15) is 0 Å². The van der Waals surface area contributed by atoms with E-state index in [1.165, 1.54) is 0 Å². The Hall–Kier alpha value is -1.59. The number of rotatable bonds is 5. The molecule has 114 valence electrons. The molecule has 1 fully saturated rings. The lowest BCUT2D eigenvalue weighted by Gasteiger charge is -2.23. The van der Waals surface area contributed by atoms with Crippen LogP contribution < -0.4 is 5.32 Å². The molecular weight excluding hydrogens is 294 g/mol. The molecule has 0 bridgehead atoms. The van der Waals surface area contributed by atoms with E-state index >= 15 is 0 Å². The number of carboxylic acid groups (broad SMARTS) is 1. The third-order valence-electron chi connectivity index (χ3n) is 3.69. The third-order valence-corrected chi connectivity index (χ3v) is 4.09. The molecule has 1 aliphatic heterocycles. The summed E-state index contributed by atoms with van der Waals surface area (Å²) >= 11 is 6.04. The van der Waals surface area contributed by atoms with Crippen LogP contribution in [0.4, 0.5) is 0 Å². The topological polar surface area (TPSA) is 75.6 Å². The Labute approximate surface area is 128 Å². The normalized spacial score (nSPS) is 21.2. The van der Waals surface area contributed by atoms with Gasteiger partial charge in [-0.1, -0.05) is 23.7 Å². The van der Waals surface area contributed by atoms with Gasteiger partial charge in [0.25, 0.3) is 0 Å². The van der Waals surface area contributed by atoms with Gasteiger partial charge in [0, 0.05) is 24.5 Å². The number of hydrogen-bond acceptors (Lipinski definition) is 3. The SMILES string of the molecule is Cc1ccc(CCC(=O)NC2(C(=O)O)CCOC2)cc1Cl. The maximum atomic E-state index is 12.0. The molecule has 1 heterocycles. The molecule has 0 saturated carbocycles. The van der Waals surface area contributed by atoms with Gasteiger partial charge in [-0.05, 0) is 30.5 Å². The number of hydrogen-bond donors (Lipinski definition) is 2. The molecule has 1 aliphatic rings. The second-order valence-corrected chi connectivity index (χ2v) is 5.73. The Balaban J connectivity index is 1.92. The molecule has 1 amide bonds. The van der Waals surface area contributed by atoms with Gasteiger partial charge in [-0.3, -0.25) is 4.79 Å². The van der Waals surface area contributed by atoms with Crippen LogP contribution in [0.25, 0.3) is 0 Å². The van der Waals surface area contributed by atoms with E-state index in [0.717, 1.165) is 11.1 Å². The molecule has 1 unspecified atom stereocenters. The fourth-order valence-corrected chi connectivity index (χ4v) is 2.47. The zero-order chi connectivity index (χ0) is 15.5. The zero-order valence-electron chi connectivity index (χ0n) is 11.8. The number of carbonyl (C=O) groups excluding carboxylic acids is 1. The van der Waals surface area contributed by atoms with Crippen LogP contribution in [-0.4, -0.2) is 35.7 Å². The monoisotopic (exact) mass is 311 g/mol. The molecule has 0 spiro atoms. The highest BCUT2D eigenvalue weighted by molar-refractivity contribution is 6.31.